The Morgan fingerprint density at radius 3 is 1.59 bits per heavy atom. The van der Waals surface area contributed by atoms with Gasteiger partial charge < -0.3 is 13.6 Å². The van der Waals surface area contributed by atoms with E-state index in [0.29, 0.717) is 11.5 Å². The number of ether oxygens (including phenoxy) is 1. The molecule has 0 atom stereocenters. The average molecular weight is 234 g/mol. The minimum atomic E-state index is -0.836. The van der Waals surface area contributed by atoms with Crippen molar-refractivity contribution in [2.75, 3.05) is 0 Å². The molecule has 0 spiro atoms. The zero-order valence-corrected chi connectivity index (χ0v) is 9.35. The van der Waals surface area contributed by atoms with Gasteiger partial charge in [0.1, 0.15) is 11.5 Å². The Morgan fingerprint density at radius 2 is 1.29 bits per heavy atom. The molecule has 0 aromatic carbocycles. The van der Waals surface area contributed by atoms with Crippen LogP contribution in [0, 0.1) is 13.8 Å². The standard InChI is InChI=1S/C12H10O5/c1-7-3-5-9(15-7)11(13)17-12(14)10-6-4-8(2)16-10/h3-6H,1-2H3. The Morgan fingerprint density at radius 1 is 0.882 bits per heavy atom. The fraction of sp³-hybridized carbons (Fsp3) is 0.167. The Balaban J connectivity index is 2.07. The second-order valence-corrected chi connectivity index (χ2v) is 3.50. The highest BCUT2D eigenvalue weighted by molar-refractivity contribution is 6.00. The summed E-state index contributed by atoms with van der Waals surface area (Å²) < 4.78 is 14.6. The SMILES string of the molecule is Cc1ccc(C(=O)OC(=O)c2ccc(C)o2)o1. The molecule has 2 aromatic rings. The molecule has 0 amide bonds. The molecular weight excluding hydrogens is 224 g/mol. The van der Waals surface area contributed by atoms with E-state index in [1.165, 1.54) is 12.1 Å². The van der Waals surface area contributed by atoms with Gasteiger partial charge >= 0.3 is 11.9 Å². The monoisotopic (exact) mass is 234 g/mol. The molecule has 0 aliphatic carbocycles. The van der Waals surface area contributed by atoms with Crippen molar-refractivity contribution in [3.05, 3.63) is 47.3 Å². The molecule has 0 saturated carbocycles. The molecule has 2 aromatic heterocycles. The maximum atomic E-state index is 11.5. The Bertz CT molecular complexity index is 511. The van der Waals surface area contributed by atoms with Crippen LogP contribution in [0.2, 0.25) is 0 Å². The molecule has 2 rings (SSSR count). The van der Waals surface area contributed by atoms with Gasteiger partial charge in [0.05, 0.1) is 0 Å². The molecule has 0 radical (unpaired) electrons. The highest BCUT2D eigenvalue weighted by Crippen LogP contribution is 2.11. The molecule has 0 aliphatic heterocycles. The maximum absolute atomic E-state index is 11.5. The van der Waals surface area contributed by atoms with Gasteiger partial charge in [0.15, 0.2) is 0 Å². The van der Waals surface area contributed by atoms with Gasteiger partial charge in [-0.25, -0.2) is 9.59 Å². The molecule has 0 saturated heterocycles. The van der Waals surface area contributed by atoms with Crippen molar-refractivity contribution in [1.82, 2.24) is 0 Å². The number of carbonyl (C=O) groups is 2. The van der Waals surface area contributed by atoms with Crippen molar-refractivity contribution >= 4 is 11.9 Å². The van der Waals surface area contributed by atoms with Gasteiger partial charge in [0, 0.05) is 0 Å². The third-order valence-electron chi connectivity index (χ3n) is 2.07. The van der Waals surface area contributed by atoms with Gasteiger partial charge in [-0.2, -0.15) is 0 Å². The maximum Gasteiger partial charge on any atom is 0.382 e. The van der Waals surface area contributed by atoms with E-state index < -0.39 is 11.9 Å². The first kappa shape index (κ1) is 11.2. The Kier molecular flexibility index (Phi) is 2.82. The molecule has 5 heteroatoms. The first-order valence-electron chi connectivity index (χ1n) is 4.95. The molecule has 2 heterocycles. The van der Waals surface area contributed by atoms with Crippen molar-refractivity contribution in [2.45, 2.75) is 13.8 Å². The fourth-order valence-electron chi connectivity index (χ4n) is 1.27. The molecule has 88 valence electrons. The number of esters is 2. The largest absolute Gasteiger partial charge is 0.454 e. The third-order valence-corrected chi connectivity index (χ3v) is 2.07. The number of rotatable bonds is 2. The van der Waals surface area contributed by atoms with E-state index in [-0.39, 0.29) is 11.5 Å². The highest BCUT2D eigenvalue weighted by atomic mass is 16.6. The molecular formula is C12H10O5. The molecule has 0 aliphatic rings. The number of hydrogen-bond acceptors (Lipinski definition) is 5. The number of hydrogen-bond donors (Lipinski definition) is 0. The Hall–Kier alpha value is -2.30. The summed E-state index contributed by atoms with van der Waals surface area (Å²) in [6, 6.07) is 6.10. The summed E-state index contributed by atoms with van der Waals surface area (Å²) in [6.07, 6.45) is 0. The van der Waals surface area contributed by atoms with Gasteiger partial charge in [0.2, 0.25) is 11.5 Å². The van der Waals surface area contributed by atoms with E-state index in [0.717, 1.165) is 0 Å². The van der Waals surface area contributed by atoms with E-state index in [2.05, 4.69) is 4.74 Å². The molecule has 0 N–H and O–H groups in total. The second-order valence-electron chi connectivity index (χ2n) is 3.50. The first-order chi connectivity index (χ1) is 8.06. The van der Waals surface area contributed by atoms with E-state index in [1.807, 2.05) is 0 Å². The van der Waals surface area contributed by atoms with Crippen molar-refractivity contribution in [1.29, 1.82) is 0 Å². The van der Waals surface area contributed by atoms with Crippen LogP contribution in [-0.2, 0) is 4.74 Å². The van der Waals surface area contributed by atoms with Crippen LogP contribution >= 0.6 is 0 Å². The van der Waals surface area contributed by atoms with Crippen molar-refractivity contribution < 1.29 is 23.2 Å². The van der Waals surface area contributed by atoms with Gasteiger partial charge in [0.25, 0.3) is 0 Å². The summed E-state index contributed by atoms with van der Waals surface area (Å²) in [5.74, 6) is -0.566. The zero-order chi connectivity index (χ0) is 12.4. The summed E-state index contributed by atoms with van der Waals surface area (Å²) in [6.45, 7) is 3.38. The number of furan rings is 2. The Labute approximate surface area is 97.0 Å². The van der Waals surface area contributed by atoms with Gasteiger partial charge in [-0.3, -0.25) is 0 Å². The van der Waals surface area contributed by atoms with Crippen LogP contribution in [0.25, 0.3) is 0 Å². The third kappa shape index (κ3) is 2.44. The van der Waals surface area contributed by atoms with Gasteiger partial charge in [-0.1, -0.05) is 0 Å². The van der Waals surface area contributed by atoms with Gasteiger partial charge in [-0.15, -0.1) is 0 Å². The summed E-state index contributed by atoms with van der Waals surface area (Å²) in [5.41, 5.74) is 0. The molecule has 0 bridgehead atoms. The van der Waals surface area contributed by atoms with Crippen LogP contribution < -0.4 is 0 Å². The van der Waals surface area contributed by atoms with Crippen LogP contribution in [0.4, 0.5) is 0 Å². The lowest BCUT2D eigenvalue weighted by Crippen LogP contribution is -2.11. The predicted octanol–water partition coefficient (Wildman–Crippen LogP) is 2.49. The van der Waals surface area contributed by atoms with Crippen LogP contribution in [-0.4, -0.2) is 11.9 Å². The van der Waals surface area contributed by atoms with Crippen LogP contribution in [0.1, 0.15) is 32.6 Å². The molecule has 0 unspecified atom stereocenters. The van der Waals surface area contributed by atoms with E-state index in [9.17, 15) is 9.59 Å². The van der Waals surface area contributed by atoms with E-state index in [1.54, 1.807) is 26.0 Å². The van der Waals surface area contributed by atoms with Crippen molar-refractivity contribution in [2.24, 2.45) is 0 Å². The lowest BCUT2D eigenvalue weighted by molar-refractivity contribution is 0.0352. The van der Waals surface area contributed by atoms with Crippen LogP contribution in [0.5, 0.6) is 0 Å². The van der Waals surface area contributed by atoms with Gasteiger partial charge in [-0.05, 0) is 38.1 Å². The molecule has 0 fully saturated rings. The summed E-state index contributed by atoms with van der Waals surface area (Å²) in [7, 11) is 0. The average Bonchev–Trinajstić information content (AvgIpc) is 2.87. The predicted molar refractivity (Wildman–Crippen MR) is 56.6 cm³/mol. The summed E-state index contributed by atoms with van der Waals surface area (Å²) >= 11 is 0. The molecule has 17 heavy (non-hydrogen) atoms. The minimum absolute atomic E-state index is 0.0147. The fourth-order valence-corrected chi connectivity index (χ4v) is 1.27. The van der Waals surface area contributed by atoms with Crippen LogP contribution in [0.15, 0.2) is 33.1 Å². The lowest BCUT2D eigenvalue weighted by Gasteiger charge is -1.97. The quantitative estimate of drug-likeness (QED) is 0.589. The molecule has 5 nitrogen and oxygen atoms in total. The summed E-state index contributed by atoms with van der Waals surface area (Å²) in [4.78, 5) is 22.9. The number of carbonyl (C=O) groups excluding carboxylic acids is 2. The van der Waals surface area contributed by atoms with E-state index in [4.69, 9.17) is 8.83 Å². The normalized spacial score (nSPS) is 10.2. The topological polar surface area (TPSA) is 69.7 Å². The van der Waals surface area contributed by atoms with Crippen molar-refractivity contribution in [3.63, 3.8) is 0 Å². The number of aryl methyl sites for hydroxylation is 2. The highest BCUT2D eigenvalue weighted by Gasteiger charge is 2.19. The zero-order valence-electron chi connectivity index (χ0n) is 9.35. The van der Waals surface area contributed by atoms with Crippen molar-refractivity contribution in [3.8, 4) is 0 Å². The smallest absolute Gasteiger partial charge is 0.382 e. The second kappa shape index (κ2) is 4.29. The first-order valence-corrected chi connectivity index (χ1v) is 4.95. The van der Waals surface area contributed by atoms with E-state index >= 15 is 0 Å². The van der Waals surface area contributed by atoms with Crippen LogP contribution in [0.3, 0.4) is 0 Å². The lowest BCUT2D eigenvalue weighted by atomic mass is 10.4. The minimum Gasteiger partial charge on any atom is -0.454 e. The summed E-state index contributed by atoms with van der Waals surface area (Å²) in [5, 5.41) is 0.